The molecule has 1 aliphatic heterocycles. The van der Waals surface area contributed by atoms with E-state index in [4.69, 9.17) is 16.3 Å². The van der Waals surface area contributed by atoms with Crippen LogP contribution in [0.1, 0.15) is 37.1 Å². The lowest BCUT2D eigenvalue weighted by atomic mass is 9.73. The van der Waals surface area contributed by atoms with Crippen molar-refractivity contribution in [3.05, 3.63) is 52.3 Å². The smallest absolute Gasteiger partial charge is 0.417 e. The maximum Gasteiger partial charge on any atom is 0.417 e. The molecule has 0 amide bonds. The Morgan fingerprint density at radius 2 is 1.91 bits per heavy atom. The Kier molecular flexibility index (Phi) is 5.94. The summed E-state index contributed by atoms with van der Waals surface area (Å²) in [6, 6.07) is 6.01. The highest BCUT2D eigenvalue weighted by Crippen LogP contribution is 2.47. The molecule has 34 heavy (non-hydrogen) atoms. The zero-order valence-corrected chi connectivity index (χ0v) is 20.3. The quantitative estimate of drug-likeness (QED) is 0.493. The van der Waals surface area contributed by atoms with Crippen LogP contribution >= 0.6 is 11.6 Å². The number of sulfone groups is 1. The van der Waals surface area contributed by atoms with Crippen LogP contribution in [0.2, 0.25) is 5.02 Å². The standard InChI is InChI=1S/C23H24ClF3N2O4S/c1-21(2,17-9-15(24)6-13-4-5-33-20(13)17)12-22(30,23(25,26)27)10-16-7-14-8-19(34(3,31)32)28-11-18(14)29-16/h6-9,11,29-30H,4-5,10,12H2,1-3H3/t22-/m0/s1. The number of nitrogens with one attached hydrogen (secondary N) is 1. The molecule has 11 heteroatoms. The van der Waals surface area contributed by atoms with Crippen LogP contribution in [-0.4, -0.2) is 48.1 Å². The number of ether oxygens (including phenoxy) is 1. The monoisotopic (exact) mass is 516 g/mol. The van der Waals surface area contributed by atoms with Crippen LogP contribution in [0.3, 0.4) is 0 Å². The van der Waals surface area contributed by atoms with Crippen LogP contribution in [0, 0.1) is 0 Å². The van der Waals surface area contributed by atoms with Gasteiger partial charge >= 0.3 is 6.18 Å². The summed E-state index contributed by atoms with van der Waals surface area (Å²) in [5.41, 5.74) is -2.42. The number of aromatic amines is 1. The molecule has 3 heterocycles. The maximum absolute atomic E-state index is 14.3. The van der Waals surface area contributed by atoms with Crippen LogP contribution in [-0.2, 0) is 28.1 Å². The van der Waals surface area contributed by atoms with Gasteiger partial charge in [-0.1, -0.05) is 25.4 Å². The molecule has 2 aromatic heterocycles. The molecule has 1 atom stereocenters. The molecule has 2 N–H and O–H groups in total. The van der Waals surface area contributed by atoms with E-state index < -0.39 is 39.9 Å². The molecule has 0 bridgehead atoms. The van der Waals surface area contributed by atoms with Crippen LogP contribution in [0.25, 0.3) is 10.9 Å². The van der Waals surface area contributed by atoms with Crippen molar-refractivity contribution in [1.29, 1.82) is 0 Å². The molecule has 0 spiro atoms. The third-order valence-corrected chi connectivity index (χ3v) is 7.34. The predicted octanol–water partition coefficient (Wildman–Crippen LogP) is 4.76. The van der Waals surface area contributed by atoms with E-state index in [2.05, 4.69) is 9.97 Å². The number of aliphatic hydroxyl groups is 1. The van der Waals surface area contributed by atoms with Gasteiger partial charge in [0.05, 0.1) is 18.3 Å². The number of halogens is 4. The first-order chi connectivity index (χ1) is 15.6. The fourth-order valence-electron chi connectivity index (χ4n) is 4.55. The van der Waals surface area contributed by atoms with Gasteiger partial charge < -0.3 is 14.8 Å². The molecule has 4 rings (SSSR count). The number of H-pyrrole nitrogens is 1. The van der Waals surface area contributed by atoms with Crippen molar-refractivity contribution in [2.75, 3.05) is 12.9 Å². The molecule has 3 aromatic rings. The Labute approximate surface area is 200 Å². The second kappa shape index (κ2) is 8.13. The number of alkyl halides is 3. The molecule has 1 aromatic carbocycles. The Balaban J connectivity index is 1.71. The third kappa shape index (κ3) is 4.63. The largest absolute Gasteiger partial charge is 0.493 e. The van der Waals surface area contributed by atoms with E-state index in [1.54, 1.807) is 26.0 Å². The lowest BCUT2D eigenvalue weighted by Crippen LogP contribution is -2.51. The van der Waals surface area contributed by atoms with E-state index in [9.17, 15) is 26.7 Å². The number of aromatic nitrogens is 2. The second-order valence-corrected chi connectivity index (χ2v) is 11.9. The van der Waals surface area contributed by atoms with Gasteiger partial charge in [-0.15, -0.1) is 0 Å². The summed E-state index contributed by atoms with van der Waals surface area (Å²) in [6.45, 7) is 3.65. The van der Waals surface area contributed by atoms with Crippen LogP contribution in [0.15, 0.2) is 35.5 Å². The predicted molar refractivity (Wildman–Crippen MR) is 122 cm³/mol. The van der Waals surface area contributed by atoms with Crippen molar-refractivity contribution < 1.29 is 31.4 Å². The van der Waals surface area contributed by atoms with Crippen molar-refractivity contribution in [3.63, 3.8) is 0 Å². The van der Waals surface area contributed by atoms with E-state index in [1.807, 2.05) is 0 Å². The molecule has 0 unspecified atom stereocenters. The molecular formula is C23H24ClF3N2O4S. The van der Waals surface area contributed by atoms with Crippen molar-refractivity contribution in [3.8, 4) is 5.75 Å². The van der Waals surface area contributed by atoms with Gasteiger partial charge in [0.1, 0.15) is 5.75 Å². The summed E-state index contributed by atoms with van der Waals surface area (Å²) in [5.74, 6) is 0.518. The fourth-order valence-corrected chi connectivity index (χ4v) is 5.37. The minimum Gasteiger partial charge on any atom is -0.493 e. The first kappa shape index (κ1) is 24.8. The Hall–Kier alpha value is -2.30. The lowest BCUT2D eigenvalue weighted by Gasteiger charge is -2.38. The zero-order chi connectivity index (χ0) is 25.1. The summed E-state index contributed by atoms with van der Waals surface area (Å²) in [5, 5.41) is 11.6. The molecule has 0 fully saturated rings. The van der Waals surface area contributed by atoms with E-state index in [1.165, 1.54) is 18.3 Å². The van der Waals surface area contributed by atoms with Gasteiger partial charge in [-0.2, -0.15) is 13.2 Å². The van der Waals surface area contributed by atoms with Crippen LogP contribution < -0.4 is 4.74 Å². The first-order valence-corrected chi connectivity index (χ1v) is 12.8. The highest BCUT2D eigenvalue weighted by Gasteiger charge is 2.56. The van der Waals surface area contributed by atoms with Gasteiger partial charge in [-0.05, 0) is 41.7 Å². The number of hydrogen-bond donors (Lipinski definition) is 2. The second-order valence-electron chi connectivity index (χ2n) is 9.48. The zero-order valence-electron chi connectivity index (χ0n) is 18.8. The topological polar surface area (TPSA) is 92.3 Å². The van der Waals surface area contributed by atoms with E-state index >= 15 is 0 Å². The van der Waals surface area contributed by atoms with E-state index in [-0.39, 0.29) is 10.7 Å². The highest BCUT2D eigenvalue weighted by molar-refractivity contribution is 7.90. The normalized spacial score (nSPS) is 16.4. The number of hydrogen-bond acceptors (Lipinski definition) is 5. The van der Waals surface area contributed by atoms with Crippen molar-refractivity contribution in [1.82, 2.24) is 9.97 Å². The Bertz CT molecular complexity index is 1370. The Morgan fingerprint density at radius 3 is 2.56 bits per heavy atom. The van der Waals surface area contributed by atoms with E-state index in [0.29, 0.717) is 40.3 Å². The number of rotatable bonds is 6. The van der Waals surface area contributed by atoms with Gasteiger partial charge in [0.25, 0.3) is 0 Å². The molecule has 0 saturated heterocycles. The minimum atomic E-state index is -4.94. The van der Waals surface area contributed by atoms with Crippen molar-refractivity contribution in [2.45, 2.75) is 55.3 Å². The number of benzene rings is 1. The minimum absolute atomic E-state index is 0.102. The molecule has 0 radical (unpaired) electrons. The van der Waals surface area contributed by atoms with Gasteiger partial charge in [-0.25, -0.2) is 13.4 Å². The summed E-state index contributed by atoms with van der Waals surface area (Å²) in [7, 11) is -3.58. The van der Waals surface area contributed by atoms with Crippen LogP contribution in [0.5, 0.6) is 5.75 Å². The molecule has 184 valence electrons. The fraction of sp³-hybridized carbons (Fsp3) is 0.435. The molecular weight excluding hydrogens is 493 g/mol. The number of pyridine rings is 1. The lowest BCUT2D eigenvalue weighted by molar-refractivity contribution is -0.266. The molecule has 6 nitrogen and oxygen atoms in total. The van der Waals surface area contributed by atoms with Gasteiger partial charge in [0, 0.05) is 40.8 Å². The maximum atomic E-state index is 14.3. The van der Waals surface area contributed by atoms with Gasteiger partial charge in [-0.3, -0.25) is 0 Å². The Morgan fingerprint density at radius 1 is 1.21 bits per heavy atom. The van der Waals surface area contributed by atoms with Crippen molar-refractivity contribution in [2.24, 2.45) is 0 Å². The van der Waals surface area contributed by atoms with Gasteiger partial charge in [0.2, 0.25) is 0 Å². The van der Waals surface area contributed by atoms with Gasteiger partial charge in [0.15, 0.2) is 20.5 Å². The SMILES string of the molecule is CC(C)(C[C@@](O)(Cc1cc2cc(S(C)(=O)=O)ncc2[nH]1)C(F)(F)F)c1cc(Cl)cc2c1OCC2. The summed E-state index contributed by atoms with van der Waals surface area (Å²) in [4.78, 5) is 6.66. The molecule has 0 saturated carbocycles. The van der Waals surface area contributed by atoms with E-state index in [0.717, 1.165) is 11.8 Å². The summed E-state index contributed by atoms with van der Waals surface area (Å²) < 4.78 is 72.0. The summed E-state index contributed by atoms with van der Waals surface area (Å²) >= 11 is 6.22. The van der Waals surface area contributed by atoms with Crippen LogP contribution in [0.4, 0.5) is 13.2 Å². The molecule has 0 aliphatic carbocycles. The highest BCUT2D eigenvalue weighted by atomic mass is 35.5. The third-order valence-electron chi connectivity index (χ3n) is 6.14. The van der Waals surface area contributed by atoms with Crippen molar-refractivity contribution >= 4 is 32.3 Å². The summed E-state index contributed by atoms with van der Waals surface area (Å²) in [6.07, 6.45) is -3.50. The number of nitrogens with zero attached hydrogens (tertiary/aromatic N) is 1. The molecule has 1 aliphatic rings. The average molecular weight is 517 g/mol. The first-order valence-electron chi connectivity index (χ1n) is 10.5. The average Bonchev–Trinajstić information content (AvgIpc) is 3.30. The number of fused-ring (bicyclic) bond motifs is 2.